The second-order valence-electron chi connectivity index (χ2n) is 5.75. The van der Waals surface area contributed by atoms with Crippen molar-refractivity contribution in [2.75, 3.05) is 11.9 Å². The van der Waals surface area contributed by atoms with E-state index in [9.17, 15) is 10.1 Å². The highest BCUT2D eigenvalue weighted by molar-refractivity contribution is 5.64. The standard InChI is InChI=1S/C14H19N3O2/c1-10(14(2,3)4)9-16-12-6-5-11(8-15)7-13(12)17(18)19/h5-7,10,16H,9H2,1-4H3. The molecule has 1 N–H and O–H groups in total. The maximum absolute atomic E-state index is 11.0. The summed E-state index contributed by atoms with van der Waals surface area (Å²) in [4.78, 5) is 10.5. The minimum absolute atomic E-state index is 0.0554. The van der Waals surface area contributed by atoms with Gasteiger partial charge in [-0.2, -0.15) is 5.26 Å². The fraction of sp³-hybridized carbons (Fsp3) is 0.500. The summed E-state index contributed by atoms with van der Waals surface area (Å²) in [5, 5.41) is 22.9. The van der Waals surface area contributed by atoms with E-state index in [2.05, 4.69) is 33.0 Å². The fourth-order valence-corrected chi connectivity index (χ4v) is 1.47. The molecule has 0 aromatic heterocycles. The van der Waals surface area contributed by atoms with Crippen molar-refractivity contribution >= 4 is 11.4 Å². The lowest BCUT2D eigenvalue weighted by Crippen LogP contribution is -2.25. The third kappa shape index (κ3) is 3.95. The Morgan fingerprint density at radius 3 is 2.58 bits per heavy atom. The predicted molar refractivity (Wildman–Crippen MR) is 74.9 cm³/mol. The molecular weight excluding hydrogens is 242 g/mol. The van der Waals surface area contributed by atoms with E-state index in [0.717, 1.165) is 0 Å². The van der Waals surface area contributed by atoms with Crippen molar-refractivity contribution < 1.29 is 4.92 Å². The molecule has 1 aromatic rings. The minimum atomic E-state index is -0.467. The zero-order chi connectivity index (χ0) is 14.6. The van der Waals surface area contributed by atoms with E-state index in [1.807, 2.05) is 6.07 Å². The molecule has 5 nitrogen and oxygen atoms in total. The first-order valence-electron chi connectivity index (χ1n) is 6.18. The third-order valence-electron chi connectivity index (χ3n) is 3.40. The number of nitrogens with one attached hydrogen (secondary N) is 1. The molecule has 0 aliphatic carbocycles. The Kier molecular flexibility index (Phi) is 4.49. The van der Waals surface area contributed by atoms with Crippen LogP contribution in [-0.4, -0.2) is 11.5 Å². The Balaban J connectivity index is 2.90. The van der Waals surface area contributed by atoms with Gasteiger partial charge in [0.15, 0.2) is 0 Å². The van der Waals surface area contributed by atoms with Crippen LogP contribution in [0.2, 0.25) is 0 Å². The minimum Gasteiger partial charge on any atom is -0.379 e. The van der Waals surface area contributed by atoms with E-state index in [-0.39, 0.29) is 11.1 Å². The van der Waals surface area contributed by atoms with Gasteiger partial charge in [0.25, 0.3) is 5.69 Å². The van der Waals surface area contributed by atoms with Crippen molar-refractivity contribution in [3.8, 4) is 6.07 Å². The van der Waals surface area contributed by atoms with Gasteiger partial charge in [-0.1, -0.05) is 27.7 Å². The number of nitro groups is 1. The summed E-state index contributed by atoms with van der Waals surface area (Å²) in [6.07, 6.45) is 0. The molecule has 0 bridgehead atoms. The van der Waals surface area contributed by atoms with Gasteiger partial charge in [0.05, 0.1) is 16.6 Å². The lowest BCUT2D eigenvalue weighted by atomic mass is 9.82. The van der Waals surface area contributed by atoms with Crippen LogP contribution in [0.4, 0.5) is 11.4 Å². The Bertz CT molecular complexity index is 512. The second-order valence-corrected chi connectivity index (χ2v) is 5.75. The molecule has 0 amide bonds. The highest BCUT2D eigenvalue weighted by atomic mass is 16.6. The molecule has 0 spiro atoms. The van der Waals surface area contributed by atoms with Crippen LogP contribution in [0, 0.1) is 32.8 Å². The van der Waals surface area contributed by atoms with E-state index < -0.39 is 4.92 Å². The van der Waals surface area contributed by atoms with Gasteiger partial charge in [-0.05, 0) is 23.5 Å². The summed E-state index contributed by atoms with van der Waals surface area (Å²) in [5.41, 5.74) is 0.829. The van der Waals surface area contributed by atoms with Crippen molar-refractivity contribution in [1.82, 2.24) is 0 Å². The van der Waals surface area contributed by atoms with Gasteiger partial charge in [-0.3, -0.25) is 10.1 Å². The highest BCUT2D eigenvalue weighted by Gasteiger charge is 2.21. The first kappa shape index (κ1) is 15.0. The van der Waals surface area contributed by atoms with Crippen LogP contribution in [-0.2, 0) is 0 Å². The molecule has 1 aromatic carbocycles. The normalized spacial score (nSPS) is 12.6. The van der Waals surface area contributed by atoms with Crippen LogP contribution in [0.1, 0.15) is 33.3 Å². The molecule has 0 saturated carbocycles. The SMILES string of the molecule is CC(CNc1ccc(C#N)cc1[N+](=O)[O-])C(C)(C)C. The van der Waals surface area contributed by atoms with Crippen LogP contribution in [0.3, 0.4) is 0 Å². The van der Waals surface area contributed by atoms with E-state index in [0.29, 0.717) is 23.7 Å². The molecule has 102 valence electrons. The molecule has 5 heteroatoms. The number of rotatable bonds is 4. The number of nitrogens with zero attached hydrogens (tertiary/aromatic N) is 2. The summed E-state index contributed by atoms with van der Waals surface area (Å²) in [6, 6.07) is 6.37. The number of anilines is 1. The van der Waals surface area contributed by atoms with Gasteiger partial charge in [0.1, 0.15) is 5.69 Å². The van der Waals surface area contributed by atoms with Gasteiger partial charge < -0.3 is 5.32 Å². The molecule has 1 atom stereocenters. The summed E-state index contributed by atoms with van der Waals surface area (Å²) in [5.74, 6) is 0.364. The first-order valence-corrected chi connectivity index (χ1v) is 6.18. The summed E-state index contributed by atoms with van der Waals surface area (Å²) < 4.78 is 0. The van der Waals surface area contributed by atoms with Crippen molar-refractivity contribution in [2.45, 2.75) is 27.7 Å². The number of nitro benzene ring substituents is 1. The van der Waals surface area contributed by atoms with Gasteiger partial charge in [0.2, 0.25) is 0 Å². The summed E-state index contributed by atoms with van der Waals surface area (Å²) in [6.45, 7) is 9.14. The van der Waals surface area contributed by atoms with E-state index >= 15 is 0 Å². The van der Waals surface area contributed by atoms with Crippen LogP contribution in [0.15, 0.2) is 18.2 Å². The van der Waals surface area contributed by atoms with Crippen LogP contribution >= 0.6 is 0 Å². The van der Waals surface area contributed by atoms with Crippen LogP contribution in [0.5, 0.6) is 0 Å². The lowest BCUT2D eigenvalue weighted by molar-refractivity contribution is -0.384. The van der Waals surface area contributed by atoms with E-state index in [1.165, 1.54) is 6.07 Å². The molecule has 0 heterocycles. The molecule has 1 rings (SSSR count). The zero-order valence-corrected chi connectivity index (χ0v) is 11.7. The Morgan fingerprint density at radius 1 is 1.47 bits per heavy atom. The number of nitriles is 1. The van der Waals surface area contributed by atoms with E-state index in [1.54, 1.807) is 12.1 Å². The molecule has 1 unspecified atom stereocenters. The topological polar surface area (TPSA) is 79.0 Å². The van der Waals surface area contributed by atoms with Crippen molar-refractivity contribution in [3.05, 3.63) is 33.9 Å². The molecule has 0 radical (unpaired) electrons. The molecule has 0 aliphatic rings. The average molecular weight is 261 g/mol. The lowest BCUT2D eigenvalue weighted by Gasteiger charge is -2.27. The third-order valence-corrected chi connectivity index (χ3v) is 3.40. The quantitative estimate of drug-likeness (QED) is 0.663. The Morgan fingerprint density at radius 2 is 2.11 bits per heavy atom. The van der Waals surface area contributed by atoms with Crippen LogP contribution in [0.25, 0.3) is 0 Å². The number of hydrogen-bond donors (Lipinski definition) is 1. The van der Waals surface area contributed by atoms with Gasteiger partial charge in [0, 0.05) is 12.6 Å². The van der Waals surface area contributed by atoms with Crippen molar-refractivity contribution in [2.24, 2.45) is 11.3 Å². The second kappa shape index (κ2) is 5.70. The summed E-state index contributed by atoms with van der Waals surface area (Å²) in [7, 11) is 0. The molecule has 19 heavy (non-hydrogen) atoms. The predicted octanol–water partition coefficient (Wildman–Crippen LogP) is 3.56. The maximum Gasteiger partial charge on any atom is 0.293 e. The van der Waals surface area contributed by atoms with Crippen LogP contribution < -0.4 is 5.32 Å². The van der Waals surface area contributed by atoms with Crippen molar-refractivity contribution in [3.63, 3.8) is 0 Å². The van der Waals surface area contributed by atoms with Gasteiger partial charge >= 0.3 is 0 Å². The Hall–Kier alpha value is -2.09. The molecule has 0 saturated heterocycles. The van der Waals surface area contributed by atoms with E-state index in [4.69, 9.17) is 5.26 Å². The zero-order valence-electron chi connectivity index (χ0n) is 11.7. The molecular formula is C14H19N3O2. The largest absolute Gasteiger partial charge is 0.379 e. The van der Waals surface area contributed by atoms with Gasteiger partial charge in [-0.25, -0.2) is 0 Å². The average Bonchev–Trinajstić information content (AvgIpc) is 2.34. The Labute approximate surface area is 113 Å². The maximum atomic E-state index is 11.0. The first-order chi connectivity index (χ1) is 8.75. The molecule has 0 fully saturated rings. The smallest absolute Gasteiger partial charge is 0.293 e. The summed E-state index contributed by atoms with van der Waals surface area (Å²) >= 11 is 0. The monoisotopic (exact) mass is 261 g/mol. The molecule has 0 aliphatic heterocycles. The fourth-order valence-electron chi connectivity index (χ4n) is 1.47. The van der Waals surface area contributed by atoms with Gasteiger partial charge in [-0.15, -0.1) is 0 Å². The number of benzene rings is 1. The number of hydrogen-bond acceptors (Lipinski definition) is 4. The van der Waals surface area contributed by atoms with Crippen molar-refractivity contribution in [1.29, 1.82) is 5.26 Å². The highest BCUT2D eigenvalue weighted by Crippen LogP contribution is 2.29.